The topological polar surface area (TPSA) is 68.0 Å². The molecule has 1 atom stereocenters. The van der Waals surface area contributed by atoms with Crippen LogP contribution < -0.4 is 11.1 Å². The molecule has 1 unspecified atom stereocenters. The van der Waals surface area contributed by atoms with Crippen molar-refractivity contribution >= 4 is 29.7 Å². The Morgan fingerprint density at radius 3 is 2.59 bits per heavy atom. The molecule has 2 aromatic rings. The first-order chi connectivity index (χ1) is 12.5. The highest BCUT2D eigenvalue weighted by Gasteiger charge is 2.36. The van der Waals surface area contributed by atoms with E-state index in [-0.39, 0.29) is 30.2 Å². The van der Waals surface area contributed by atoms with Gasteiger partial charge in [0, 0.05) is 12.1 Å². The molecule has 27 heavy (non-hydrogen) atoms. The van der Waals surface area contributed by atoms with Gasteiger partial charge in [0.1, 0.15) is 10.8 Å². The molecule has 1 aromatic heterocycles. The second kappa shape index (κ2) is 9.13. The average molecular weight is 412 g/mol. The molecular weight excluding hydrogens is 385 g/mol. The quantitative estimate of drug-likeness (QED) is 0.728. The third kappa shape index (κ3) is 4.33. The normalized spacial score (nSPS) is 16.4. The number of rotatable bonds is 6. The molecule has 0 aliphatic heterocycles. The molecule has 0 saturated heterocycles. The van der Waals surface area contributed by atoms with Gasteiger partial charge in [-0.3, -0.25) is 4.79 Å². The van der Waals surface area contributed by atoms with Crippen molar-refractivity contribution in [3.8, 4) is 10.6 Å². The first-order valence-corrected chi connectivity index (χ1v) is 10.1. The van der Waals surface area contributed by atoms with Gasteiger partial charge in [0.2, 0.25) is 5.91 Å². The van der Waals surface area contributed by atoms with E-state index in [0.29, 0.717) is 6.54 Å². The zero-order valence-electron chi connectivity index (χ0n) is 15.8. The monoisotopic (exact) mass is 411 g/mol. The maximum atomic E-state index is 13.2. The summed E-state index contributed by atoms with van der Waals surface area (Å²) in [6.07, 6.45) is 4.29. The van der Waals surface area contributed by atoms with E-state index in [4.69, 9.17) is 10.7 Å². The number of benzene rings is 1. The summed E-state index contributed by atoms with van der Waals surface area (Å²) in [5, 5.41) is 4.12. The molecule has 1 aromatic carbocycles. The Hall–Kier alpha value is -1.50. The number of fused-ring (bicyclic) bond motifs is 1. The molecule has 0 bridgehead atoms. The largest absolute Gasteiger partial charge is 0.348 e. The lowest BCUT2D eigenvalue weighted by Gasteiger charge is -2.32. The van der Waals surface area contributed by atoms with E-state index in [2.05, 4.69) is 5.32 Å². The summed E-state index contributed by atoms with van der Waals surface area (Å²) >= 11 is 1.60. The Morgan fingerprint density at radius 2 is 2.00 bits per heavy atom. The van der Waals surface area contributed by atoms with Gasteiger partial charge in [0.25, 0.3) is 0 Å². The molecule has 4 nitrogen and oxygen atoms in total. The summed E-state index contributed by atoms with van der Waals surface area (Å²) in [6, 6.07) is 6.39. The molecule has 3 rings (SSSR count). The fraction of sp³-hybridized carbons (Fsp3) is 0.500. The fourth-order valence-electron chi connectivity index (χ4n) is 3.54. The van der Waals surface area contributed by atoms with Crippen LogP contribution in [0.15, 0.2) is 24.3 Å². The number of hydrogen-bond donors (Lipinski definition) is 2. The number of nitrogens with two attached hydrogens (primary N) is 1. The van der Waals surface area contributed by atoms with Gasteiger partial charge in [-0.25, -0.2) is 9.37 Å². The minimum atomic E-state index is -0.498. The number of nitrogens with zero attached hydrogens (tertiary/aromatic N) is 1. The van der Waals surface area contributed by atoms with Crippen molar-refractivity contribution in [2.24, 2.45) is 11.1 Å². The van der Waals surface area contributed by atoms with E-state index in [9.17, 15) is 9.18 Å². The third-order valence-electron chi connectivity index (χ3n) is 5.57. The predicted molar refractivity (Wildman–Crippen MR) is 111 cm³/mol. The van der Waals surface area contributed by atoms with Gasteiger partial charge in [-0.05, 0) is 56.4 Å². The first-order valence-electron chi connectivity index (χ1n) is 9.29. The van der Waals surface area contributed by atoms with Gasteiger partial charge in [0.05, 0.1) is 22.0 Å². The standard InChI is InChI=1S/C20H26FN3OS.ClH/c1-3-20(4-2,12-22)19(25)24-16-7-5-6-15-17(16)26-18(23-15)13-8-10-14(21)11-9-13;/h8-11,16H,3-7,12,22H2,1-2H3,(H,24,25);1H. The van der Waals surface area contributed by atoms with E-state index in [0.717, 1.165) is 53.2 Å². The Bertz CT molecular complexity index is 766. The van der Waals surface area contributed by atoms with Crippen molar-refractivity contribution in [3.63, 3.8) is 0 Å². The van der Waals surface area contributed by atoms with Crippen molar-refractivity contribution < 1.29 is 9.18 Å². The maximum Gasteiger partial charge on any atom is 0.227 e. The fourth-order valence-corrected chi connectivity index (χ4v) is 4.74. The SMILES string of the molecule is CCC(CC)(CN)C(=O)NC1CCCc2nc(-c3ccc(F)cc3)sc21.Cl. The summed E-state index contributed by atoms with van der Waals surface area (Å²) in [7, 11) is 0. The molecule has 0 fully saturated rings. The molecular formula is C20H27ClFN3OS. The average Bonchev–Trinajstić information content (AvgIpc) is 3.09. The van der Waals surface area contributed by atoms with Gasteiger partial charge in [-0.15, -0.1) is 23.7 Å². The molecule has 1 amide bonds. The van der Waals surface area contributed by atoms with Gasteiger partial charge < -0.3 is 11.1 Å². The van der Waals surface area contributed by atoms with Crippen molar-refractivity contribution in [3.05, 3.63) is 40.7 Å². The Kier molecular flexibility index (Phi) is 7.37. The van der Waals surface area contributed by atoms with Crippen LogP contribution in [0.25, 0.3) is 10.6 Å². The smallest absolute Gasteiger partial charge is 0.227 e. The third-order valence-corrected chi connectivity index (χ3v) is 6.83. The highest BCUT2D eigenvalue weighted by atomic mass is 35.5. The molecule has 3 N–H and O–H groups in total. The minimum Gasteiger partial charge on any atom is -0.348 e. The Balaban J connectivity index is 0.00000261. The van der Waals surface area contributed by atoms with Crippen LogP contribution in [0.1, 0.15) is 56.1 Å². The van der Waals surface area contributed by atoms with Crippen LogP contribution in [-0.2, 0) is 11.2 Å². The van der Waals surface area contributed by atoms with E-state index >= 15 is 0 Å². The van der Waals surface area contributed by atoms with Crippen LogP contribution in [0.5, 0.6) is 0 Å². The Labute approximate surface area is 170 Å². The zero-order chi connectivity index (χ0) is 18.7. The van der Waals surface area contributed by atoms with Crippen molar-refractivity contribution in [1.82, 2.24) is 10.3 Å². The number of nitrogens with one attached hydrogen (secondary N) is 1. The van der Waals surface area contributed by atoms with E-state index in [1.807, 2.05) is 13.8 Å². The van der Waals surface area contributed by atoms with Crippen LogP contribution in [-0.4, -0.2) is 17.4 Å². The van der Waals surface area contributed by atoms with Gasteiger partial charge in [-0.1, -0.05) is 13.8 Å². The van der Waals surface area contributed by atoms with Gasteiger partial charge >= 0.3 is 0 Å². The van der Waals surface area contributed by atoms with Crippen LogP contribution in [0.2, 0.25) is 0 Å². The molecule has 7 heteroatoms. The number of carbonyl (C=O) groups excluding carboxylic acids is 1. The summed E-state index contributed by atoms with van der Waals surface area (Å²) in [5.41, 5.74) is 7.39. The number of thiazole rings is 1. The van der Waals surface area contributed by atoms with Crippen LogP contribution in [0.3, 0.4) is 0 Å². The van der Waals surface area contributed by atoms with Crippen molar-refractivity contribution in [2.45, 2.75) is 52.0 Å². The number of halogens is 2. The lowest BCUT2D eigenvalue weighted by atomic mass is 9.81. The van der Waals surface area contributed by atoms with Crippen LogP contribution in [0.4, 0.5) is 4.39 Å². The molecule has 0 spiro atoms. The molecule has 1 aliphatic rings. The van der Waals surface area contributed by atoms with E-state index in [1.54, 1.807) is 23.5 Å². The highest BCUT2D eigenvalue weighted by molar-refractivity contribution is 7.15. The van der Waals surface area contributed by atoms with Crippen molar-refractivity contribution in [1.29, 1.82) is 0 Å². The predicted octanol–water partition coefficient (Wildman–Crippen LogP) is 4.63. The first kappa shape index (κ1) is 21.8. The van der Waals surface area contributed by atoms with E-state index in [1.165, 1.54) is 12.1 Å². The second-order valence-corrected chi connectivity index (χ2v) is 7.98. The van der Waals surface area contributed by atoms with Crippen molar-refractivity contribution in [2.75, 3.05) is 6.54 Å². The number of amides is 1. The molecule has 148 valence electrons. The van der Waals surface area contributed by atoms with Crippen LogP contribution >= 0.6 is 23.7 Å². The number of aryl methyl sites for hydroxylation is 1. The van der Waals surface area contributed by atoms with Gasteiger partial charge in [-0.2, -0.15) is 0 Å². The van der Waals surface area contributed by atoms with E-state index < -0.39 is 5.41 Å². The lowest BCUT2D eigenvalue weighted by Crippen LogP contribution is -2.46. The lowest BCUT2D eigenvalue weighted by molar-refractivity contribution is -0.131. The summed E-state index contributed by atoms with van der Waals surface area (Å²) in [6.45, 7) is 4.39. The number of aromatic nitrogens is 1. The second-order valence-electron chi connectivity index (χ2n) is 6.95. The van der Waals surface area contributed by atoms with Gasteiger partial charge in [0.15, 0.2) is 0 Å². The number of carbonyl (C=O) groups is 1. The summed E-state index contributed by atoms with van der Waals surface area (Å²) in [5.74, 6) is -0.211. The minimum absolute atomic E-state index is 0. The zero-order valence-corrected chi connectivity index (χ0v) is 17.4. The maximum absolute atomic E-state index is 13.2. The summed E-state index contributed by atoms with van der Waals surface area (Å²) < 4.78 is 13.2. The molecule has 1 aliphatic carbocycles. The van der Waals surface area contributed by atoms with Crippen LogP contribution in [0, 0.1) is 11.2 Å². The molecule has 0 saturated carbocycles. The highest BCUT2D eigenvalue weighted by Crippen LogP contribution is 2.39. The summed E-state index contributed by atoms with van der Waals surface area (Å²) in [4.78, 5) is 18.8. The molecule has 1 heterocycles. The Morgan fingerprint density at radius 1 is 1.33 bits per heavy atom. The molecule has 0 radical (unpaired) electrons. The number of hydrogen-bond acceptors (Lipinski definition) is 4.